The third-order valence-electron chi connectivity index (χ3n) is 2.34. The quantitative estimate of drug-likeness (QED) is 0.577. The maximum Gasteiger partial charge on any atom is 0.316 e. The summed E-state index contributed by atoms with van der Waals surface area (Å²) < 4.78 is 15.8. The molecule has 0 spiro atoms. The van der Waals surface area contributed by atoms with E-state index in [-0.39, 0.29) is 12.4 Å². The fourth-order valence-corrected chi connectivity index (χ4v) is 1.58. The monoisotopic (exact) mass is 222 g/mol. The predicted octanol–water partition coefficient (Wildman–Crippen LogP) is 1.75. The molecule has 1 aromatic carbocycles. The molecule has 2 rings (SSSR count). The van der Waals surface area contributed by atoms with Gasteiger partial charge in [-0.2, -0.15) is 0 Å². The SMILES string of the molecule is CC1(CC(=O)Oc2ccccc2)OCCO1. The number of carbonyl (C=O) groups excluding carboxylic acids is 1. The molecule has 1 saturated heterocycles. The van der Waals surface area contributed by atoms with Crippen molar-refractivity contribution in [1.82, 2.24) is 0 Å². The molecule has 0 atom stereocenters. The van der Waals surface area contributed by atoms with E-state index in [1.165, 1.54) is 0 Å². The van der Waals surface area contributed by atoms with Crippen molar-refractivity contribution in [2.45, 2.75) is 19.1 Å². The molecule has 0 aliphatic carbocycles. The van der Waals surface area contributed by atoms with Crippen molar-refractivity contribution in [3.63, 3.8) is 0 Å². The lowest BCUT2D eigenvalue weighted by atomic mass is 10.2. The van der Waals surface area contributed by atoms with Crippen molar-refractivity contribution in [2.24, 2.45) is 0 Å². The van der Waals surface area contributed by atoms with Gasteiger partial charge in [0.2, 0.25) is 0 Å². The van der Waals surface area contributed by atoms with Gasteiger partial charge in [-0.15, -0.1) is 0 Å². The summed E-state index contributed by atoms with van der Waals surface area (Å²) in [5.74, 6) is -0.643. The van der Waals surface area contributed by atoms with Crippen LogP contribution in [0.15, 0.2) is 30.3 Å². The Hall–Kier alpha value is -1.39. The minimum absolute atomic E-state index is 0.0991. The number of hydrogen-bond donors (Lipinski definition) is 0. The molecule has 1 aliphatic rings. The van der Waals surface area contributed by atoms with Crippen LogP contribution < -0.4 is 4.74 Å². The molecule has 86 valence electrons. The highest BCUT2D eigenvalue weighted by molar-refractivity contribution is 5.73. The van der Waals surface area contributed by atoms with Crippen molar-refractivity contribution in [3.05, 3.63) is 30.3 Å². The average molecular weight is 222 g/mol. The minimum atomic E-state index is -0.828. The molecular formula is C12H14O4. The van der Waals surface area contributed by atoms with Gasteiger partial charge in [0.1, 0.15) is 5.75 Å². The zero-order valence-electron chi connectivity index (χ0n) is 9.14. The molecule has 16 heavy (non-hydrogen) atoms. The first-order chi connectivity index (χ1) is 7.68. The first-order valence-electron chi connectivity index (χ1n) is 5.22. The number of carbonyl (C=O) groups is 1. The molecule has 1 aromatic rings. The van der Waals surface area contributed by atoms with Crippen LogP contribution in [-0.4, -0.2) is 25.0 Å². The van der Waals surface area contributed by atoms with Crippen LogP contribution in [0.1, 0.15) is 13.3 Å². The standard InChI is InChI=1S/C12H14O4/c1-12(14-7-8-15-12)9-11(13)16-10-5-3-2-4-6-10/h2-6H,7-9H2,1H3. The van der Waals surface area contributed by atoms with Gasteiger partial charge in [0.05, 0.1) is 19.6 Å². The van der Waals surface area contributed by atoms with Gasteiger partial charge in [-0.05, 0) is 19.1 Å². The smallest absolute Gasteiger partial charge is 0.316 e. The zero-order chi connectivity index (χ0) is 11.4. The molecule has 1 fully saturated rings. The van der Waals surface area contributed by atoms with Crippen LogP contribution in [0.5, 0.6) is 5.75 Å². The van der Waals surface area contributed by atoms with Crippen LogP contribution in [-0.2, 0) is 14.3 Å². The van der Waals surface area contributed by atoms with Gasteiger partial charge in [0.25, 0.3) is 0 Å². The summed E-state index contributed by atoms with van der Waals surface area (Å²) in [6, 6.07) is 8.95. The van der Waals surface area contributed by atoms with Gasteiger partial charge in [0, 0.05) is 0 Å². The molecule has 0 radical (unpaired) electrons. The van der Waals surface area contributed by atoms with E-state index in [9.17, 15) is 4.79 Å². The third kappa shape index (κ3) is 2.81. The van der Waals surface area contributed by atoms with Crippen LogP contribution in [0.4, 0.5) is 0 Å². The van der Waals surface area contributed by atoms with Crippen molar-refractivity contribution in [3.8, 4) is 5.75 Å². The summed E-state index contributed by atoms with van der Waals surface area (Å²) in [6.45, 7) is 2.79. The number of ether oxygens (including phenoxy) is 3. The molecule has 4 heteroatoms. The minimum Gasteiger partial charge on any atom is -0.426 e. The number of esters is 1. The lowest BCUT2D eigenvalue weighted by Gasteiger charge is -2.20. The molecule has 0 amide bonds. The van der Waals surface area contributed by atoms with E-state index in [1.54, 1.807) is 19.1 Å². The van der Waals surface area contributed by atoms with E-state index in [0.717, 1.165) is 0 Å². The van der Waals surface area contributed by atoms with E-state index >= 15 is 0 Å². The molecule has 0 N–H and O–H groups in total. The Morgan fingerprint density at radius 3 is 2.56 bits per heavy atom. The maximum atomic E-state index is 11.6. The third-order valence-corrected chi connectivity index (χ3v) is 2.34. The first kappa shape index (κ1) is 11.1. The Bertz CT molecular complexity index is 355. The van der Waals surface area contributed by atoms with Crippen LogP contribution in [0, 0.1) is 0 Å². The molecule has 1 aliphatic heterocycles. The summed E-state index contributed by atoms with van der Waals surface area (Å²) in [6.07, 6.45) is 0.0991. The molecule has 1 heterocycles. The average Bonchev–Trinajstić information content (AvgIpc) is 2.66. The van der Waals surface area contributed by atoms with E-state index in [2.05, 4.69) is 0 Å². The number of hydrogen-bond acceptors (Lipinski definition) is 4. The van der Waals surface area contributed by atoms with E-state index in [1.807, 2.05) is 18.2 Å². The van der Waals surface area contributed by atoms with Gasteiger partial charge in [-0.25, -0.2) is 0 Å². The van der Waals surface area contributed by atoms with E-state index in [4.69, 9.17) is 14.2 Å². The second-order valence-corrected chi connectivity index (χ2v) is 3.79. The van der Waals surface area contributed by atoms with Crippen molar-refractivity contribution in [1.29, 1.82) is 0 Å². The Morgan fingerprint density at radius 2 is 1.94 bits per heavy atom. The fraction of sp³-hybridized carbons (Fsp3) is 0.417. The van der Waals surface area contributed by atoms with Crippen LogP contribution in [0.25, 0.3) is 0 Å². The summed E-state index contributed by atoms with van der Waals surface area (Å²) in [7, 11) is 0. The van der Waals surface area contributed by atoms with Gasteiger partial charge in [-0.3, -0.25) is 4.79 Å². The van der Waals surface area contributed by atoms with Crippen LogP contribution in [0.2, 0.25) is 0 Å². The number of benzene rings is 1. The zero-order valence-corrected chi connectivity index (χ0v) is 9.14. The van der Waals surface area contributed by atoms with Crippen LogP contribution in [0.3, 0.4) is 0 Å². The molecule has 0 saturated carbocycles. The first-order valence-corrected chi connectivity index (χ1v) is 5.22. The lowest BCUT2D eigenvalue weighted by Crippen LogP contribution is -2.30. The highest BCUT2D eigenvalue weighted by atomic mass is 16.7. The fourth-order valence-electron chi connectivity index (χ4n) is 1.58. The van der Waals surface area contributed by atoms with E-state index < -0.39 is 5.79 Å². The summed E-state index contributed by atoms with van der Waals surface area (Å²) in [5, 5.41) is 0. The van der Waals surface area contributed by atoms with Crippen molar-refractivity contribution < 1.29 is 19.0 Å². The Labute approximate surface area is 94.1 Å². The Kier molecular flexibility index (Phi) is 3.22. The second-order valence-electron chi connectivity index (χ2n) is 3.79. The van der Waals surface area contributed by atoms with Crippen molar-refractivity contribution in [2.75, 3.05) is 13.2 Å². The largest absolute Gasteiger partial charge is 0.426 e. The highest BCUT2D eigenvalue weighted by Gasteiger charge is 2.34. The molecule has 0 unspecified atom stereocenters. The molecule has 0 bridgehead atoms. The highest BCUT2D eigenvalue weighted by Crippen LogP contribution is 2.23. The summed E-state index contributed by atoms with van der Waals surface area (Å²) >= 11 is 0. The Balaban J connectivity index is 1.89. The number of para-hydroxylation sites is 1. The van der Waals surface area contributed by atoms with Crippen molar-refractivity contribution >= 4 is 5.97 Å². The lowest BCUT2D eigenvalue weighted by molar-refractivity contribution is -0.168. The maximum absolute atomic E-state index is 11.6. The Morgan fingerprint density at radius 1 is 1.31 bits per heavy atom. The van der Waals surface area contributed by atoms with Gasteiger partial charge >= 0.3 is 5.97 Å². The van der Waals surface area contributed by atoms with Gasteiger partial charge in [-0.1, -0.05) is 18.2 Å². The summed E-state index contributed by atoms with van der Waals surface area (Å²) in [5.41, 5.74) is 0. The van der Waals surface area contributed by atoms with Crippen LogP contribution >= 0.6 is 0 Å². The molecule has 0 aromatic heterocycles. The van der Waals surface area contributed by atoms with Gasteiger partial charge < -0.3 is 14.2 Å². The number of rotatable bonds is 3. The van der Waals surface area contributed by atoms with E-state index in [0.29, 0.717) is 19.0 Å². The molecule has 4 nitrogen and oxygen atoms in total. The topological polar surface area (TPSA) is 44.8 Å². The predicted molar refractivity (Wildman–Crippen MR) is 57.0 cm³/mol. The molecular weight excluding hydrogens is 208 g/mol. The summed E-state index contributed by atoms with van der Waals surface area (Å²) in [4.78, 5) is 11.6. The normalized spacial score (nSPS) is 18.3. The second kappa shape index (κ2) is 4.63. The van der Waals surface area contributed by atoms with Gasteiger partial charge in [0.15, 0.2) is 5.79 Å².